The van der Waals surface area contributed by atoms with Crippen LogP contribution in [-0.4, -0.2) is 38.9 Å². The second-order valence-corrected chi connectivity index (χ2v) is 6.32. The van der Waals surface area contributed by atoms with E-state index in [-0.39, 0.29) is 12.6 Å². The second kappa shape index (κ2) is 10.6. The highest BCUT2D eigenvalue weighted by Gasteiger charge is 2.32. The van der Waals surface area contributed by atoms with E-state index in [2.05, 4.69) is 17.6 Å². The highest BCUT2D eigenvalue weighted by Crippen LogP contribution is 2.28. The first-order valence-corrected chi connectivity index (χ1v) is 9.24. The van der Waals surface area contributed by atoms with Gasteiger partial charge in [-0.25, -0.2) is 9.59 Å². The van der Waals surface area contributed by atoms with Gasteiger partial charge < -0.3 is 24.8 Å². The smallest absolute Gasteiger partial charge is 0.338 e. The molecule has 2 amide bonds. The summed E-state index contributed by atoms with van der Waals surface area (Å²) in [6.45, 7) is 4.97. The monoisotopic (exact) mass is 376 g/mol. The molecule has 7 nitrogen and oxygen atoms in total. The number of hydrogen-bond acceptors (Lipinski definition) is 5. The minimum atomic E-state index is -0.581. The van der Waals surface area contributed by atoms with Crippen molar-refractivity contribution < 1.29 is 23.8 Å². The highest BCUT2D eigenvalue weighted by atomic mass is 16.6. The molecule has 1 aromatic rings. The number of methoxy groups -OCH3 is 1. The van der Waals surface area contributed by atoms with E-state index in [1.54, 1.807) is 6.92 Å². The van der Waals surface area contributed by atoms with Crippen molar-refractivity contribution in [2.24, 2.45) is 0 Å². The average molecular weight is 376 g/mol. The number of esters is 1. The molecule has 1 aromatic carbocycles. The molecule has 0 saturated heterocycles. The van der Waals surface area contributed by atoms with Gasteiger partial charge >= 0.3 is 12.0 Å². The molecule has 1 aliphatic rings. The summed E-state index contributed by atoms with van der Waals surface area (Å²) in [5.74, 6) is 0.280. The first-order chi connectivity index (χ1) is 13.1. The summed E-state index contributed by atoms with van der Waals surface area (Å²) in [4.78, 5) is 24.4. The molecule has 148 valence electrons. The zero-order valence-corrected chi connectivity index (χ0v) is 16.2. The van der Waals surface area contributed by atoms with Gasteiger partial charge in [0, 0.05) is 12.8 Å². The summed E-state index contributed by atoms with van der Waals surface area (Å²) in [5.41, 5.74) is 1.64. The minimum Gasteiger partial charge on any atom is -0.494 e. The number of carbonyl (C=O) groups excluding carboxylic acids is 2. The van der Waals surface area contributed by atoms with E-state index in [9.17, 15) is 9.59 Å². The number of allylic oxidation sites excluding steroid dienone is 1. The molecular weight excluding hydrogens is 348 g/mol. The Bertz CT molecular complexity index is 669. The van der Waals surface area contributed by atoms with Crippen LogP contribution in [0.15, 0.2) is 35.5 Å². The Kier molecular flexibility index (Phi) is 8.13. The molecule has 0 radical (unpaired) electrons. The van der Waals surface area contributed by atoms with Gasteiger partial charge in [0.05, 0.1) is 24.8 Å². The number of nitrogens with one attached hydrogen (secondary N) is 2. The number of ether oxygens (including phenoxy) is 3. The molecule has 1 aliphatic heterocycles. The van der Waals surface area contributed by atoms with Gasteiger partial charge in [0.25, 0.3) is 0 Å². The van der Waals surface area contributed by atoms with Crippen LogP contribution in [-0.2, 0) is 14.3 Å². The fourth-order valence-electron chi connectivity index (χ4n) is 2.81. The Morgan fingerprint density at radius 3 is 2.52 bits per heavy atom. The van der Waals surface area contributed by atoms with E-state index >= 15 is 0 Å². The first kappa shape index (κ1) is 20.8. The maximum atomic E-state index is 12.5. The molecule has 0 saturated carbocycles. The van der Waals surface area contributed by atoms with Crippen LogP contribution in [0, 0.1) is 0 Å². The van der Waals surface area contributed by atoms with Crippen molar-refractivity contribution in [3.05, 3.63) is 41.1 Å². The van der Waals surface area contributed by atoms with E-state index in [4.69, 9.17) is 14.2 Å². The number of amides is 2. The molecule has 0 spiro atoms. The molecule has 2 N–H and O–H groups in total. The van der Waals surface area contributed by atoms with Crippen LogP contribution >= 0.6 is 0 Å². The lowest BCUT2D eigenvalue weighted by Crippen LogP contribution is -2.45. The van der Waals surface area contributed by atoms with Crippen molar-refractivity contribution in [3.8, 4) is 5.75 Å². The van der Waals surface area contributed by atoms with Gasteiger partial charge in [0.15, 0.2) is 0 Å². The third-order valence-corrected chi connectivity index (χ3v) is 4.24. The van der Waals surface area contributed by atoms with Crippen LogP contribution in [0.4, 0.5) is 4.79 Å². The topological polar surface area (TPSA) is 85.9 Å². The van der Waals surface area contributed by atoms with Crippen molar-refractivity contribution in [2.45, 2.75) is 39.2 Å². The molecule has 0 aliphatic carbocycles. The van der Waals surface area contributed by atoms with E-state index in [1.165, 1.54) is 7.11 Å². The summed E-state index contributed by atoms with van der Waals surface area (Å²) < 4.78 is 15.9. The Morgan fingerprint density at radius 1 is 1.11 bits per heavy atom. The summed E-state index contributed by atoms with van der Waals surface area (Å²) in [7, 11) is 1.54. The second-order valence-electron chi connectivity index (χ2n) is 6.32. The maximum absolute atomic E-state index is 12.5. The fourth-order valence-corrected chi connectivity index (χ4v) is 2.81. The first-order valence-electron chi connectivity index (χ1n) is 9.24. The molecule has 1 unspecified atom stereocenters. The highest BCUT2D eigenvalue weighted by molar-refractivity contribution is 5.95. The van der Waals surface area contributed by atoms with Crippen LogP contribution in [0.25, 0.3) is 0 Å². The third-order valence-electron chi connectivity index (χ3n) is 4.24. The molecule has 2 rings (SSSR count). The van der Waals surface area contributed by atoms with Crippen molar-refractivity contribution in [3.63, 3.8) is 0 Å². The van der Waals surface area contributed by atoms with Crippen molar-refractivity contribution in [1.29, 1.82) is 0 Å². The molecule has 7 heteroatoms. The number of rotatable bonds is 10. The van der Waals surface area contributed by atoms with Crippen molar-refractivity contribution >= 4 is 12.0 Å². The summed E-state index contributed by atoms with van der Waals surface area (Å²) >= 11 is 0. The quantitative estimate of drug-likeness (QED) is 0.484. The minimum absolute atomic E-state index is 0.150. The molecule has 0 aromatic heterocycles. The summed E-state index contributed by atoms with van der Waals surface area (Å²) in [6.07, 6.45) is 3.30. The average Bonchev–Trinajstić information content (AvgIpc) is 2.65. The molecule has 1 atom stereocenters. The van der Waals surface area contributed by atoms with Gasteiger partial charge in [-0.1, -0.05) is 31.9 Å². The normalized spacial score (nSPS) is 16.6. The van der Waals surface area contributed by atoms with Crippen LogP contribution in [0.3, 0.4) is 0 Å². The number of benzene rings is 1. The van der Waals surface area contributed by atoms with Gasteiger partial charge in [-0.15, -0.1) is 0 Å². The van der Waals surface area contributed by atoms with Gasteiger partial charge in [-0.05, 0) is 31.0 Å². The van der Waals surface area contributed by atoms with Crippen LogP contribution in [0.5, 0.6) is 5.75 Å². The van der Waals surface area contributed by atoms with E-state index in [0.29, 0.717) is 24.5 Å². The van der Waals surface area contributed by atoms with E-state index < -0.39 is 12.0 Å². The van der Waals surface area contributed by atoms with Crippen molar-refractivity contribution in [1.82, 2.24) is 10.6 Å². The van der Waals surface area contributed by atoms with Gasteiger partial charge in [-0.2, -0.15) is 0 Å². The maximum Gasteiger partial charge on any atom is 0.338 e. The molecule has 1 heterocycles. The Balaban J connectivity index is 2.11. The standard InChI is InChI=1S/C20H28N2O5/c1-4-5-6-11-26-16-9-7-15(8-10-16)18-17(14(2)21-20(24)22-18)19(23)27-13-12-25-3/h7-10,18H,4-6,11-13H2,1-3H3,(H2,21,22,24). The van der Waals surface area contributed by atoms with Crippen LogP contribution in [0.2, 0.25) is 0 Å². The van der Waals surface area contributed by atoms with E-state index in [0.717, 1.165) is 30.6 Å². The van der Waals surface area contributed by atoms with E-state index in [1.807, 2.05) is 24.3 Å². The molecule has 0 bridgehead atoms. The predicted molar refractivity (Wildman–Crippen MR) is 101 cm³/mol. The SMILES string of the molecule is CCCCCOc1ccc(C2NC(=O)NC(C)=C2C(=O)OCCOC)cc1. The Labute approximate surface area is 160 Å². The van der Waals surface area contributed by atoms with Crippen molar-refractivity contribution in [2.75, 3.05) is 26.9 Å². The zero-order valence-electron chi connectivity index (χ0n) is 16.2. The summed E-state index contributed by atoms with van der Waals surface area (Å²) in [5, 5.41) is 5.41. The molecule has 27 heavy (non-hydrogen) atoms. The van der Waals surface area contributed by atoms with Gasteiger partial charge in [0.2, 0.25) is 0 Å². The Hall–Kier alpha value is -2.54. The lowest BCUT2D eigenvalue weighted by molar-refractivity contribution is -0.140. The number of urea groups is 1. The number of hydrogen-bond donors (Lipinski definition) is 2. The van der Waals surface area contributed by atoms with Crippen LogP contribution in [0.1, 0.15) is 44.7 Å². The third kappa shape index (κ3) is 5.99. The lowest BCUT2D eigenvalue weighted by Gasteiger charge is -2.28. The van der Waals surface area contributed by atoms with Gasteiger partial charge in [0.1, 0.15) is 12.4 Å². The summed E-state index contributed by atoms with van der Waals surface area (Å²) in [6, 6.07) is 6.45. The lowest BCUT2D eigenvalue weighted by atomic mass is 9.95. The van der Waals surface area contributed by atoms with Crippen LogP contribution < -0.4 is 15.4 Å². The predicted octanol–water partition coefficient (Wildman–Crippen LogP) is 3.07. The zero-order chi connectivity index (χ0) is 19.6. The Morgan fingerprint density at radius 2 is 1.85 bits per heavy atom. The molecule has 0 fully saturated rings. The number of carbonyl (C=O) groups is 2. The largest absolute Gasteiger partial charge is 0.494 e. The molecular formula is C20H28N2O5. The number of unbranched alkanes of at least 4 members (excludes halogenated alkanes) is 2. The van der Waals surface area contributed by atoms with Gasteiger partial charge in [-0.3, -0.25) is 0 Å². The fraction of sp³-hybridized carbons (Fsp3) is 0.500.